The molecule has 2 aromatic rings. The summed E-state index contributed by atoms with van der Waals surface area (Å²) in [6.07, 6.45) is 0. The van der Waals surface area contributed by atoms with Crippen molar-refractivity contribution < 1.29 is 8.78 Å². The fraction of sp³-hybridized carbons (Fsp3) is 0.294. The first-order chi connectivity index (χ1) is 8.93. The van der Waals surface area contributed by atoms with E-state index in [0.717, 1.165) is 16.7 Å². The first-order valence-electron chi connectivity index (χ1n) is 6.48. The Morgan fingerprint density at radius 1 is 0.895 bits per heavy atom. The second-order valence-electron chi connectivity index (χ2n) is 5.24. The lowest BCUT2D eigenvalue weighted by Gasteiger charge is -2.15. The minimum absolute atomic E-state index is 0.167. The van der Waals surface area contributed by atoms with Gasteiger partial charge in [0.1, 0.15) is 11.6 Å². The highest BCUT2D eigenvalue weighted by molar-refractivity contribution is 5.72. The van der Waals surface area contributed by atoms with Crippen LogP contribution in [0.15, 0.2) is 30.3 Å². The van der Waals surface area contributed by atoms with Crippen LogP contribution < -0.4 is 0 Å². The Kier molecular flexibility index (Phi) is 3.70. The summed E-state index contributed by atoms with van der Waals surface area (Å²) in [4.78, 5) is 0. The van der Waals surface area contributed by atoms with Crippen LogP contribution in [-0.2, 0) is 0 Å². The predicted octanol–water partition coefficient (Wildman–Crippen LogP) is 5.37. The Labute approximate surface area is 113 Å². The summed E-state index contributed by atoms with van der Waals surface area (Å²) >= 11 is 0. The maximum atomic E-state index is 14.6. The molecule has 0 aliphatic rings. The van der Waals surface area contributed by atoms with Crippen molar-refractivity contribution in [3.8, 4) is 11.1 Å². The zero-order chi connectivity index (χ0) is 14.2. The molecule has 0 atom stereocenters. The predicted molar refractivity (Wildman–Crippen MR) is 75.4 cm³/mol. The third-order valence-corrected chi connectivity index (χ3v) is 3.45. The number of aryl methyl sites for hydroxylation is 2. The van der Waals surface area contributed by atoms with Gasteiger partial charge in [-0.25, -0.2) is 8.78 Å². The molecule has 0 heterocycles. The molecule has 2 rings (SSSR count). The SMILES string of the molecule is Cc1cccc(C)c1-c1ccc(F)c(C(C)C)c1F. The van der Waals surface area contributed by atoms with Gasteiger partial charge in [-0.3, -0.25) is 0 Å². The lowest BCUT2D eigenvalue weighted by molar-refractivity contribution is 0.544. The molecule has 0 radical (unpaired) electrons. The van der Waals surface area contributed by atoms with Crippen molar-refractivity contribution in [2.24, 2.45) is 0 Å². The Morgan fingerprint density at radius 3 is 2.00 bits per heavy atom. The fourth-order valence-corrected chi connectivity index (χ4v) is 2.53. The number of benzene rings is 2. The minimum Gasteiger partial charge on any atom is -0.207 e. The molecular weight excluding hydrogens is 242 g/mol. The molecule has 0 aromatic heterocycles. The second kappa shape index (κ2) is 5.12. The van der Waals surface area contributed by atoms with Gasteiger partial charge in [0, 0.05) is 11.1 Å². The zero-order valence-corrected chi connectivity index (χ0v) is 11.7. The highest BCUT2D eigenvalue weighted by Gasteiger charge is 2.19. The maximum absolute atomic E-state index is 14.6. The largest absolute Gasteiger partial charge is 0.207 e. The zero-order valence-electron chi connectivity index (χ0n) is 11.7. The highest BCUT2D eigenvalue weighted by Crippen LogP contribution is 2.34. The normalized spacial score (nSPS) is 11.1. The standard InChI is InChI=1S/C17H18F2/c1-10(2)15-14(18)9-8-13(17(15)19)16-11(3)6-5-7-12(16)4/h5-10H,1-4H3. The third-order valence-electron chi connectivity index (χ3n) is 3.45. The van der Waals surface area contributed by atoms with Gasteiger partial charge in [-0.2, -0.15) is 0 Å². The summed E-state index contributed by atoms with van der Waals surface area (Å²) in [5.41, 5.74) is 3.52. The smallest absolute Gasteiger partial charge is 0.137 e. The van der Waals surface area contributed by atoms with Crippen LogP contribution in [0.5, 0.6) is 0 Å². The number of hydrogen-bond acceptors (Lipinski definition) is 0. The van der Waals surface area contributed by atoms with E-state index in [1.807, 2.05) is 32.0 Å². The van der Waals surface area contributed by atoms with E-state index in [-0.39, 0.29) is 11.5 Å². The average Bonchev–Trinajstić information content (AvgIpc) is 2.31. The Balaban J connectivity index is 2.74. The number of hydrogen-bond donors (Lipinski definition) is 0. The van der Waals surface area contributed by atoms with Crippen LogP contribution in [-0.4, -0.2) is 0 Å². The van der Waals surface area contributed by atoms with Crippen molar-refractivity contribution in [3.63, 3.8) is 0 Å². The van der Waals surface area contributed by atoms with Crippen LogP contribution in [0, 0.1) is 25.5 Å². The van der Waals surface area contributed by atoms with Gasteiger partial charge in [0.2, 0.25) is 0 Å². The van der Waals surface area contributed by atoms with E-state index in [0.29, 0.717) is 5.56 Å². The Bertz CT molecular complexity index is 593. The molecule has 0 saturated heterocycles. The minimum atomic E-state index is -0.470. The first-order valence-corrected chi connectivity index (χ1v) is 6.48. The number of halogens is 2. The topological polar surface area (TPSA) is 0 Å². The van der Waals surface area contributed by atoms with Gasteiger partial charge in [0.05, 0.1) is 0 Å². The molecular formula is C17H18F2. The molecule has 0 aliphatic carbocycles. The van der Waals surface area contributed by atoms with Gasteiger partial charge in [-0.15, -0.1) is 0 Å². The van der Waals surface area contributed by atoms with E-state index in [9.17, 15) is 8.78 Å². The molecule has 0 N–H and O–H groups in total. The quantitative estimate of drug-likeness (QED) is 0.680. The molecule has 0 spiro atoms. The summed E-state index contributed by atoms with van der Waals surface area (Å²) in [5, 5.41) is 0. The van der Waals surface area contributed by atoms with Gasteiger partial charge in [-0.1, -0.05) is 32.0 Å². The average molecular weight is 260 g/mol. The van der Waals surface area contributed by atoms with Crippen molar-refractivity contribution in [2.75, 3.05) is 0 Å². The third kappa shape index (κ3) is 2.40. The molecule has 2 aromatic carbocycles. The molecule has 0 nitrogen and oxygen atoms in total. The van der Waals surface area contributed by atoms with Gasteiger partial charge in [-0.05, 0) is 48.6 Å². The van der Waals surface area contributed by atoms with Gasteiger partial charge in [0.25, 0.3) is 0 Å². The van der Waals surface area contributed by atoms with Crippen LogP contribution in [0.3, 0.4) is 0 Å². The molecule has 2 heteroatoms. The molecule has 0 bridgehead atoms. The molecule has 19 heavy (non-hydrogen) atoms. The Morgan fingerprint density at radius 2 is 1.47 bits per heavy atom. The van der Waals surface area contributed by atoms with Crippen LogP contribution in [0.4, 0.5) is 8.78 Å². The van der Waals surface area contributed by atoms with Crippen molar-refractivity contribution in [1.82, 2.24) is 0 Å². The second-order valence-corrected chi connectivity index (χ2v) is 5.24. The molecule has 0 aliphatic heterocycles. The van der Waals surface area contributed by atoms with E-state index in [4.69, 9.17) is 0 Å². The molecule has 0 saturated carbocycles. The molecule has 0 amide bonds. The van der Waals surface area contributed by atoms with Crippen LogP contribution in [0.25, 0.3) is 11.1 Å². The summed E-state index contributed by atoms with van der Waals surface area (Å²) in [5.74, 6) is -1.08. The molecule has 0 fully saturated rings. The van der Waals surface area contributed by atoms with Crippen molar-refractivity contribution in [3.05, 3.63) is 58.7 Å². The summed E-state index contributed by atoms with van der Waals surface area (Å²) in [6, 6.07) is 8.73. The van der Waals surface area contributed by atoms with E-state index < -0.39 is 11.6 Å². The molecule has 100 valence electrons. The van der Waals surface area contributed by atoms with Gasteiger partial charge >= 0.3 is 0 Å². The van der Waals surface area contributed by atoms with Crippen LogP contribution in [0.2, 0.25) is 0 Å². The van der Waals surface area contributed by atoms with E-state index in [1.54, 1.807) is 13.8 Å². The maximum Gasteiger partial charge on any atom is 0.137 e. The number of rotatable bonds is 2. The van der Waals surface area contributed by atoms with Crippen LogP contribution >= 0.6 is 0 Å². The van der Waals surface area contributed by atoms with Gasteiger partial charge < -0.3 is 0 Å². The van der Waals surface area contributed by atoms with Crippen molar-refractivity contribution in [2.45, 2.75) is 33.6 Å². The highest BCUT2D eigenvalue weighted by atomic mass is 19.1. The Hall–Kier alpha value is -1.70. The van der Waals surface area contributed by atoms with Gasteiger partial charge in [0.15, 0.2) is 0 Å². The summed E-state index contributed by atoms with van der Waals surface area (Å²) in [6.45, 7) is 7.49. The first kappa shape index (κ1) is 13.7. The summed E-state index contributed by atoms with van der Waals surface area (Å²) in [7, 11) is 0. The van der Waals surface area contributed by atoms with E-state index >= 15 is 0 Å². The van der Waals surface area contributed by atoms with Crippen molar-refractivity contribution >= 4 is 0 Å². The summed E-state index contributed by atoms with van der Waals surface area (Å²) < 4.78 is 28.3. The lowest BCUT2D eigenvalue weighted by Crippen LogP contribution is -2.01. The lowest BCUT2D eigenvalue weighted by atomic mass is 9.91. The van der Waals surface area contributed by atoms with Crippen molar-refractivity contribution in [1.29, 1.82) is 0 Å². The monoisotopic (exact) mass is 260 g/mol. The van der Waals surface area contributed by atoms with Crippen LogP contribution in [0.1, 0.15) is 36.5 Å². The molecule has 0 unspecified atom stereocenters. The van der Waals surface area contributed by atoms with E-state index in [1.165, 1.54) is 12.1 Å². The van der Waals surface area contributed by atoms with E-state index in [2.05, 4.69) is 0 Å². The fourth-order valence-electron chi connectivity index (χ4n) is 2.53.